The van der Waals surface area contributed by atoms with E-state index in [1.54, 1.807) is 66.9 Å². The number of aliphatic hydroxyl groups is 6. The normalized spacial score (nSPS) is 24.1. The first-order valence-electron chi connectivity index (χ1n) is 26.9. The first-order valence-corrected chi connectivity index (χ1v) is 26.9. The van der Waals surface area contributed by atoms with Gasteiger partial charge in [-0.25, -0.2) is 34.9 Å². The fourth-order valence-electron chi connectivity index (χ4n) is 10.2. The molecule has 18 N–H and O–H groups in total. The third kappa shape index (κ3) is 12.9. The van der Waals surface area contributed by atoms with Gasteiger partial charge < -0.3 is 93.6 Å². The number of methoxy groups -OCH3 is 1. The number of amides is 3. The number of aromatic nitrogens is 11. The van der Waals surface area contributed by atoms with Gasteiger partial charge >= 0.3 is 0 Å². The standard InChI is InChI=1S/C20H24N6O5.C19H21N5O5.C16H17N7O4.CH4/c21-12-5-6-23-18-15(12)24-9-26(18)20-17(29)16(14(8-27)31-20)25-19(30)13(22)7-10-1-3-11(28)4-2-10;1-28-11-4-2-3-10(7-11)18(27)23-15-13(8-25)29-19(16(15)26)24-9-22-14-12(20)5-6-21-17(14)24;17-13-11-14(20-6-19-13)23(7-21-11)16-12(25)10(9(5-24)27-16)22-15(26)8-2-1-3-18-4-8;/h1-6,9,13-14,16-17,20,27-29H,7-8,22H2,(H2,21,23)(H,25,30);2-7,9,13,15-16,19,25-26H,8H2,1H3,(H2,20,21)(H,23,27);1-4,6-7,9-10,12,16,24-25H,5H2,(H,22,26)(H2,17,19,20);1H4/t13?,14-,16?,17+,20-;13-,15?,16+,19-;9-,10?,12+,16-;/m111./s1. The van der Waals surface area contributed by atoms with Gasteiger partial charge in [0, 0.05) is 30.4 Å². The fraction of sp³-hybridized carbons (Fsp3) is 0.339. The van der Waals surface area contributed by atoms with Crippen molar-refractivity contribution in [2.45, 2.75) is 93.3 Å². The molecule has 3 fully saturated rings. The maximum Gasteiger partial charge on any atom is 0.253 e. The van der Waals surface area contributed by atoms with E-state index >= 15 is 0 Å². The van der Waals surface area contributed by atoms with Crippen molar-refractivity contribution in [1.29, 1.82) is 0 Å². The zero-order valence-electron chi connectivity index (χ0n) is 46.1. The van der Waals surface area contributed by atoms with Crippen molar-refractivity contribution in [2.24, 2.45) is 5.73 Å². The van der Waals surface area contributed by atoms with Gasteiger partial charge in [0.1, 0.15) is 71.0 Å². The zero-order valence-corrected chi connectivity index (χ0v) is 46.1. The Bertz CT molecular complexity index is 3860. The monoisotopic (exact) mass is 1210 g/mol. The highest BCUT2D eigenvalue weighted by Crippen LogP contribution is 2.35. The molecule has 4 unspecified atom stereocenters. The number of hydrogen-bond acceptors (Lipinski definition) is 26. The summed E-state index contributed by atoms with van der Waals surface area (Å²) in [5, 5.41) is 79.1. The maximum atomic E-state index is 12.7. The van der Waals surface area contributed by atoms with Gasteiger partial charge in [-0.1, -0.05) is 25.6 Å². The van der Waals surface area contributed by atoms with Gasteiger partial charge in [-0.15, -0.1) is 0 Å². The number of anilines is 3. The predicted octanol–water partition coefficient (Wildman–Crippen LogP) is -1.42. The molecule has 2 aromatic carbocycles. The molecule has 3 aliphatic heterocycles. The second kappa shape index (κ2) is 27.4. The molecule has 3 saturated heterocycles. The summed E-state index contributed by atoms with van der Waals surface area (Å²) in [5.74, 6) is -0.506. The van der Waals surface area contributed by atoms with Crippen LogP contribution in [-0.4, -0.2) is 195 Å². The Morgan fingerprint density at radius 1 is 0.602 bits per heavy atom. The minimum atomic E-state index is -1.19. The van der Waals surface area contributed by atoms with Crippen molar-refractivity contribution in [2.75, 3.05) is 44.1 Å². The number of aliphatic hydroxyl groups excluding tert-OH is 6. The van der Waals surface area contributed by atoms with Crippen LogP contribution in [0.3, 0.4) is 0 Å². The molecule has 0 spiro atoms. The molecule has 0 saturated carbocycles. The molecular weight excluding hydrogens is 1150 g/mol. The number of rotatable bonds is 15. The number of benzene rings is 2. The van der Waals surface area contributed by atoms with Crippen LogP contribution in [0.15, 0.2) is 123 Å². The highest BCUT2D eigenvalue weighted by atomic mass is 16.6. The number of nitrogens with two attached hydrogens (primary N) is 4. The SMILES string of the molecule is C.COc1cccc(C(=O)NC2[C@@H](CO)O[C@@H](n3cnc4c(N)ccnc43)[C@H]2O)c1.Nc1ccnc2c1ncn2[C@@H]1O[C@H](CO)C(NC(=O)C(N)Cc2ccc(O)cc2)[C@@H]1O.Nc1ncnc2c1ncn2[C@@H]1O[C@H](CO)C(NC(=O)c2cccnc2)[C@@H]1O. The van der Waals surface area contributed by atoms with Crippen molar-refractivity contribution in [3.05, 3.63) is 140 Å². The lowest BCUT2D eigenvalue weighted by Crippen LogP contribution is -2.53. The van der Waals surface area contributed by atoms with E-state index in [-0.39, 0.29) is 25.4 Å². The van der Waals surface area contributed by atoms with Gasteiger partial charge in [-0.3, -0.25) is 33.1 Å². The lowest BCUT2D eigenvalue weighted by molar-refractivity contribution is -0.124. The van der Waals surface area contributed by atoms with Gasteiger partial charge in [0.2, 0.25) is 5.91 Å². The number of aromatic hydroxyl groups is 1. The Hall–Kier alpha value is -9.61. The Balaban J connectivity index is 0.000000157. The number of phenols is 1. The van der Waals surface area contributed by atoms with Gasteiger partial charge in [0.15, 0.2) is 41.4 Å². The van der Waals surface area contributed by atoms with E-state index in [0.29, 0.717) is 61.7 Å². The second-order valence-corrected chi connectivity index (χ2v) is 20.2. The van der Waals surface area contributed by atoms with Crippen LogP contribution in [0, 0.1) is 0 Å². The molecule has 12 rings (SSSR count). The number of nitrogens with one attached hydrogen (secondary N) is 3. The van der Waals surface area contributed by atoms with Crippen molar-refractivity contribution in [3.8, 4) is 11.5 Å². The van der Waals surface area contributed by atoms with Crippen LogP contribution < -0.4 is 43.6 Å². The van der Waals surface area contributed by atoms with Crippen molar-refractivity contribution in [1.82, 2.24) is 69.5 Å². The van der Waals surface area contributed by atoms with E-state index in [9.17, 15) is 50.1 Å². The molecular formula is C56H66N18O14. The minimum absolute atomic E-state index is 0. The summed E-state index contributed by atoms with van der Waals surface area (Å²) < 4.78 is 27.1. The first kappa shape index (κ1) is 62.9. The molecule has 3 amide bonds. The fourth-order valence-corrected chi connectivity index (χ4v) is 10.2. The van der Waals surface area contributed by atoms with E-state index in [2.05, 4.69) is 55.8 Å². The number of pyridine rings is 3. The van der Waals surface area contributed by atoms with Crippen molar-refractivity contribution < 1.29 is 69.1 Å². The molecule has 0 radical (unpaired) electrons. The second-order valence-electron chi connectivity index (χ2n) is 20.2. The van der Waals surface area contributed by atoms with E-state index in [4.69, 9.17) is 41.9 Å². The Morgan fingerprint density at radius 2 is 1.08 bits per heavy atom. The molecule has 7 aromatic heterocycles. The van der Waals surface area contributed by atoms with Crippen LogP contribution in [-0.2, 0) is 25.4 Å². The summed E-state index contributed by atoms with van der Waals surface area (Å²) in [4.78, 5) is 70.7. The summed E-state index contributed by atoms with van der Waals surface area (Å²) in [7, 11) is 1.51. The van der Waals surface area contributed by atoms with Gasteiger partial charge in [-0.2, -0.15) is 0 Å². The third-order valence-electron chi connectivity index (χ3n) is 14.7. The Morgan fingerprint density at radius 3 is 1.57 bits per heavy atom. The van der Waals surface area contributed by atoms with Crippen LogP contribution in [0.1, 0.15) is 52.4 Å². The number of fused-ring (bicyclic) bond motifs is 3. The summed E-state index contributed by atoms with van der Waals surface area (Å²) in [5.41, 5.74) is 28.5. The maximum absolute atomic E-state index is 12.7. The molecule has 88 heavy (non-hydrogen) atoms. The number of imidazole rings is 3. The van der Waals surface area contributed by atoms with E-state index in [0.717, 1.165) is 5.56 Å². The average molecular weight is 1220 g/mol. The van der Waals surface area contributed by atoms with E-state index in [1.165, 1.54) is 76.8 Å². The average Bonchev–Trinajstić information content (AvgIpc) is 2.95. The lowest BCUT2D eigenvalue weighted by atomic mass is 10.0. The molecule has 32 nitrogen and oxygen atoms in total. The predicted molar refractivity (Wildman–Crippen MR) is 313 cm³/mol. The lowest BCUT2D eigenvalue weighted by Gasteiger charge is -2.23. The van der Waals surface area contributed by atoms with Crippen LogP contribution in [0.2, 0.25) is 0 Å². The third-order valence-corrected chi connectivity index (χ3v) is 14.7. The summed E-state index contributed by atoms with van der Waals surface area (Å²) in [6.45, 7) is -1.21. The number of carbonyl (C=O) groups is 3. The minimum Gasteiger partial charge on any atom is -0.508 e. The van der Waals surface area contributed by atoms with E-state index in [1.807, 2.05) is 0 Å². The topological polar surface area (TPSA) is 488 Å². The summed E-state index contributed by atoms with van der Waals surface area (Å²) in [6, 6.07) is 16.0. The van der Waals surface area contributed by atoms with Crippen LogP contribution in [0.5, 0.6) is 11.5 Å². The molecule has 464 valence electrons. The molecule has 0 aliphatic carbocycles. The van der Waals surface area contributed by atoms with Crippen LogP contribution >= 0.6 is 0 Å². The van der Waals surface area contributed by atoms with Crippen molar-refractivity contribution in [3.63, 3.8) is 0 Å². The molecule has 9 aromatic rings. The molecule has 13 atom stereocenters. The summed E-state index contributed by atoms with van der Waals surface area (Å²) in [6.07, 6.45) is 3.10. The van der Waals surface area contributed by atoms with Gasteiger partial charge in [0.05, 0.1) is 87.0 Å². The number of nitrogens with zero attached hydrogens (tertiary/aromatic N) is 11. The highest BCUT2D eigenvalue weighted by Gasteiger charge is 2.48. The number of carbonyl (C=O) groups excluding carboxylic acids is 3. The zero-order chi connectivity index (χ0) is 61.6. The van der Waals surface area contributed by atoms with Crippen LogP contribution in [0.4, 0.5) is 17.2 Å². The number of ether oxygens (including phenoxy) is 4. The number of nitrogen functional groups attached to an aromatic ring is 3. The first-order chi connectivity index (χ1) is 42.0. The molecule has 0 bridgehead atoms. The molecule has 32 heteroatoms. The molecule has 10 heterocycles. The summed E-state index contributed by atoms with van der Waals surface area (Å²) >= 11 is 0. The largest absolute Gasteiger partial charge is 0.508 e. The smallest absolute Gasteiger partial charge is 0.253 e. The van der Waals surface area contributed by atoms with E-state index < -0.39 is 117 Å². The highest BCUT2D eigenvalue weighted by molar-refractivity contribution is 5.95. The van der Waals surface area contributed by atoms with Crippen LogP contribution in [0.25, 0.3) is 33.5 Å². The number of hydrogen-bond donors (Lipinski definition) is 14. The van der Waals surface area contributed by atoms with Gasteiger partial charge in [-0.05, 0) is 66.6 Å². The number of phenolic OH excluding ortho intramolecular Hbond substituents is 1. The van der Waals surface area contributed by atoms with Gasteiger partial charge in [0.25, 0.3) is 11.8 Å². The molecule has 3 aliphatic rings. The Kier molecular flexibility index (Phi) is 19.6. The van der Waals surface area contributed by atoms with Crippen molar-refractivity contribution >= 4 is 68.4 Å². The quantitative estimate of drug-likeness (QED) is 0.0560. The Labute approximate surface area is 499 Å².